The number of nitrogens with zero attached hydrogens (tertiary/aromatic N) is 1. The molecule has 4 nitrogen and oxygen atoms in total. The highest BCUT2D eigenvalue weighted by Gasteiger charge is 2.27. The molecule has 1 aliphatic rings. The molecule has 122 valence electrons. The van der Waals surface area contributed by atoms with Gasteiger partial charge in [-0.15, -0.1) is 0 Å². The third-order valence-corrected chi connectivity index (χ3v) is 3.91. The van der Waals surface area contributed by atoms with E-state index < -0.39 is 0 Å². The van der Waals surface area contributed by atoms with Crippen LogP contribution >= 0.6 is 0 Å². The van der Waals surface area contributed by atoms with E-state index in [1.165, 1.54) is 0 Å². The molecule has 2 aromatic carbocycles. The molecule has 0 aromatic heterocycles. The summed E-state index contributed by atoms with van der Waals surface area (Å²) in [5.41, 5.74) is 0. The van der Waals surface area contributed by atoms with Crippen LogP contribution in [0.25, 0.3) is 0 Å². The number of hydrogen-bond donors (Lipinski definition) is 0. The van der Waals surface area contributed by atoms with Crippen LogP contribution in [0.1, 0.15) is 6.42 Å². The summed E-state index contributed by atoms with van der Waals surface area (Å²) in [6.07, 6.45) is 1.31. The maximum Gasteiger partial charge on any atom is 0.161 e. The maximum atomic E-state index is 5.90. The van der Waals surface area contributed by atoms with E-state index in [2.05, 4.69) is 4.90 Å². The van der Waals surface area contributed by atoms with Crippen molar-refractivity contribution in [1.29, 1.82) is 0 Å². The average molecular weight is 313 g/mol. The third-order valence-electron chi connectivity index (χ3n) is 3.91. The highest BCUT2D eigenvalue weighted by Crippen LogP contribution is 2.26. The Morgan fingerprint density at radius 1 is 0.957 bits per heavy atom. The third kappa shape index (κ3) is 4.39. The Labute approximate surface area is 137 Å². The van der Waals surface area contributed by atoms with Gasteiger partial charge in [0.05, 0.1) is 13.7 Å². The summed E-state index contributed by atoms with van der Waals surface area (Å²) in [6.45, 7) is 3.71. The van der Waals surface area contributed by atoms with Gasteiger partial charge in [-0.3, -0.25) is 4.90 Å². The molecule has 1 aliphatic heterocycles. The molecule has 3 rings (SSSR count). The SMILES string of the molecule is COc1ccccc1OCCCN1CC(Oc2ccccc2)C1. The number of para-hydroxylation sites is 3. The predicted molar refractivity (Wildman–Crippen MR) is 90.4 cm³/mol. The molecule has 0 saturated carbocycles. The Kier molecular flexibility index (Phi) is 5.37. The van der Waals surface area contributed by atoms with Crippen molar-refractivity contribution in [1.82, 2.24) is 4.90 Å². The molecule has 0 atom stereocenters. The van der Waals surface area contributed by atoms with E-state index >= 15 is 0 Å². The van der Waals surface area contributed by atoms with Crippen LogP contribution in [0.4, 0.5) is 0 Å². The molecular formula is C19H23NO3. The highest BCUT2D eigenvalue weighted by atomic mass is 16.5. The van der Waals surface area contributed by atoms with E-state index in [-0.39, 0.29) is 0 Å². The van der Waals surface area contributed by atoms with Gasteiger partial charge in [0.1, 0.15) is 11.9 Å². The second-order valence-corrected chi connectivity index (χ2v) is 5.67. The zero-order chi connectivity index (χ0) is 15.9. The van der Waals surface area contributed by atoms with Gasteiger partial charge in [-0.1, -0.05) is 30.3 Å². The molecule has 0 N–H and O–H groups in total. The Bertz CT molecular complexity index is 597. The first kappa shape index (κ1) is 15.7. The summed E-state index contributed by atoms with van der Waals surface area (Å²) in [7, 11) is 1.66. The van der Waals surface area contributed by atoms with Crippen molar-refractivity contribution in [2.45, 2.75) is 12.5 Å². The zero-order valence-corrected chi connectivity index (χ0v) is 13.5. The van der Waals surface area contributed by atoms with Crippen molar-refractivity contribution >= 4 is 0 Å². The fraction of sp³-hybridized carbons (Fsp3) is 0.368. The average Bonchev–Trinajstić information content (AvgIpc) is 2.57. The van der Waals surface area contributed by atoms with Crippen LogP contribution in [0, 0.1) is 0 Å². The van der Waals surface area contributed by atoms with Gasteiger partial charge in [0.15, 0.2) is 11.5 Å². The first-order chi connectivity index (χ1) is 11.3. The van der Waals surface area contributed by atoms with Gasteiger partial charge in [-0.25, -0.2) is 0 Å². The molecule has 0 unspecified atom stereocenters. The lowest BCUT2D eigenvalue weighted by molar-refractivity contribution is 0.0173. The molecule has 0 radical (unpaired) electrons. The molecule has 0 bridgehead atoms. The standard InChI is InChI=1S/C19H23NO3/c1-21-18-10-5-6-11-19(18)22-13-7-12-20-14-17(15-20)23-16-8-3-2-4-9-16/h2-6,8-11,17H,7,12-15H2,1H3. The van der Waals surface area contributed by atoms with Gasteiger partial charge in [-0.2, -0.15) is 0 Å². The lowest BCUT2D eigenvalue weighted by Gasteiger charge is -2.39. The molecule has 0 aliphatic carbocycles. The lowest BCUT2D eigenvalue weighted by Crippen LogP contribution is -2.54. The molecule has 2 aromatic rings. The van der Waals surface area contributed by atoms with Crippen molar-refractivity contribution in [2.24, 2.45) is 0 Å². The molecule has 1 heterocycles. The van der Waals surface area contributed by atoms with Crippen molar-refractivity contribution < 1.29 is 14.2 Å². The molecule has 0 amide bonds. The van der Waals surface area contributed by atoms with Gasteiger partial charge in [0.2, 0.25) is 0 Å². The van der Waals surface area contributed by atoms with Crippen LogP contribution < -0.4 is 14.2 Å². The smallest absolute Gasteiger partial charge is 0.161 e. The molecule has 23 heavy (non-hydrogen) atoms. The first-order valence-electron chi connectivity index (χ1n) is 8.05. The molecule has 1 saturated heterocycles. The monoisotopic (exact) mass is 313 g/mol. The Morgan fingerprint density at radius 3 is 2.39 bits per heavy atom. The van der Waals surface area contributed by atoms with Gasteiger partial charge >= 0.3 is 0 Å². The summed E-state index contributed by atoms with van der Waals surface area (Å²) >= 11 is 0. The topological polar surface area (TPSA) is 30.9 Å². The number of methoxy groups -OCH3 is 1. The fourth-order valence-electron chi connectivity index (χ4n) is 2.68. The second-order valence-electron chi connectivity index (χ2n) is 5.67. The van der Waals surface area contributed by atoms with Crippen LogP contribution in [0.2, 0.25) is 0 Å². The number of benzene rings is 2. The summed E-state index contributed by atoms with van der Waals surface area (Å²) in [4.78, 5) is 2.39. The Morgan fingerprint density at radius 2 is 1.65 bits per heavy atom. The van der Waals surface area contributed by atoms with E-state index in [1.54, 1.807) is 7.11 Å². The van der Waals surface area contributed by atoms with Crippen LogP contribution in [-0.2, 0) is 0 Å². The number of rotatable bonds is 8. The Balaban J connectivity index is 1.31. The van der Waals surface area contributed by atoms with Crippen LogP contribution in [-0.4, -0.2) is 44.4 Å². The van der Waals surface area contributed by atoms with Gasteiger partial charge in [-0.05, 0) is 30.7 Å². The van der Waals surface area contributed by atoms with Crippen LogP contribution in [0.5, 0.6) is 17.2 Å². The molecule has 4 heteroatoms. The van der Waals surface area contributed by atoms with Gasteiger partial charge < -0.3 is 14.2 Å². The molecule has 1 fully saturated rings. The minimum absolute atomic E-state index is 0.313. The fourth-order valence-corrected chi connectivity index (χ4v) is 2.68. The van der Waals surface area contributed by atoms with E-state index in [9.17, 15) is 0 Å². The van der Waals surface area contributed by atoms with E-state index in [4.69, 9.17) is 14.2 Å². The number of likely N-dealkylation sites (tertiary alicyclic amines) is 1. The molecule has 0 spiro atoms. The molecular weight excluding hydrogens is 290 g/mol. The summed E-state index contributed by atoms with van der Waals surface area (Å²) in [5, 5.41) is 0. The van der Waals surface area contributed by atoms with Crippen molar-refractivity contribution in [3.63, 3.8) is 0 Å². The predicted octanol–water partition coefficient (Wildman–Crippen LogP) is 3.23. The maximum absolute atomic E-state index is 5.90. The second kappa shape index (κ2) is 7.88. The summed E-state index contributed by atoms with van der Waals surface area (Å²) in [6, 6.07) is 17.8. The van der Waals surface area contributed by atoms with Crippen LogP contribution in [0.3, 0.4) is 0 Å². The number of hydrogen-bond acceptors (Lipinski definition) is 4. The summed E-state index contributed by atoms with van der Waals surface area (Å²) < 4.78 is 17.0. The number of ether oxygens (including phenoxy) is 3. The van der Waals surface area contributed by atoms with Crippen molar-refractivity contribution in [2.75, 3.05) is 33.4 Å². The van der Waals surface area contributed by atoms with Crippen LogP contribution in [0.15, 0.2) is 54.6 Å². The minimum atomic E-state index is 0.313. The lowest BCUT2D eigenvalue weighted by atomic mass is 10.1. The Hall–Kier alpha value is -2.20. The van der Waals surface area contributed by atoms with E-state index in [0.717, 1.165) is 43.3 Å². The quantitative estimate of drug-likeness (QED) is 0.700. The first-order valence-corrected chi connectivity index (χ1v) is 8.05. The highest BCUT2D eigenvalue weighted by molar-refractivity contribution is 5.39. The van der Waals surface area contributed by atoms with Crippen molar-refractivity contribution in [3.8, 4) is 17.2 Å². The van der Waals surface area contributed by atoms with Gasteiger partial charge in [0.25, 0.3) is 0 Å². The minimum Gasteiger partial charge on any atom is -0.493 e. The summed E-state index contributed by atoms with van der Waals surface area (Å²) in [5.74, 6) is 2.55. The largest absolute Gasteiger partial charge is 0.493 e. The zero-order valence-electron chi connectivity index (χ0n) is 13.5. The van der Waals surface area contributed by atoms with Gasteiger partial charge in [0, 0.05) is 19.6 Å². The van der Waals surface area contributed by atoms with Crippen molar-refractivity contribution in [3.05, 3.63) is 54.6 Å². The van der Waals surface area contributed by atoms with E-state index in [0.29, 0.717) is 12.7 Å². The normalized spacial score (nSPS) is 15.0. The van der Waals surface area contributed by atoms with E-state index in [1.807, 2.05) is 54.6 Å².